The molecule has 1 aromatic rings. The van der Waals surface area contributed by atoms with Crippen LogP contribution in [0.1, 0.15) is 25.8 Å². The maximum Gasteiger partial charge on any atom is 0.264 e. The smallest absolute Gasteiger partial charge is 0.264 e. The van der Waals surface area contributed by atoms with Crippen molar-refractivity contribution < 1.29 is 13.0 Å². The third-order valence-electron chi connectivity index (χ3n) is 3.55. The van der Waals surface area contributed by atoms with Gasteiger partial charge in [-0.1, -0.05) is 26.5 Å². The van der Waals surface area contributed by atoms with E-state index in [1.807, 2.05) is 17.0 Å². The lowest BCUT2D eigenvalue weighted by Gasteiger charge is -2.25. The molecular formula is C13H18N2O3S. The molecule has 1 aromatic heterocycles. The molecule has 0 radical (unpaired) electrons. The molecule has 2 heterocycles. The molecule has 19 heavy (non-hydrogen) atoms. The van der Waals surface area contributed by atoms with Gasteiger partial charge >= 0.3 is 0 Å². The molecule has 0 saturated carbocycles. The van der Waals surface area contributed by atoms with Gasteiger partial charge in [0.25, 0.3) is 10.1 Å². The van der Waals surface area contributed by atoms with Crippen LogP contribution in [0, 0.1) is 0 Å². The number of fused-ring (bicyclic) bond motifs is 1. The number of aromatic nitrogens is 1. The standard InChI is InChI=1S/C13H18N2O3S/c1-10-13(2,3)11-6-4-7-14-12(11)15(10)8-5-9-19(16,17)18/h4,6-7H,1,5,8-9H2,2-3H3,(H,16,17,18). The Hall–Kier alpha value is -1.40. The summed E-state index contributed by atoms with van der Waals surface area (Å²) in [6.45, 7) is 8.71. The van der Waals surface area contributed by atoms with Crippen LogP contribution in [-0.2, 0) is 15.5 Å². The van der Waals surface area contributed by atoms with E-state index >= 15 is 0 Å². The molecular weight excluding hydrogens is 264 g/mol. The monoisotopic (exact) mass is 282 g/mol. The summed E-state index contributed by atoms with van der Waals surface area (Å²) in [5, 5.41) is 0. The van der Waals surface area contributed by atoms with E-state index in [0.717, 1.165) is 17.1 Å². The van der Waals surface area contributed by atoms with Crippen LogP contribution in [0.3, 0.4) is 0 Å². The molecule has 2 rings (SSSR count). The summed E-state index contributed by atoms with van der Waals surface area (Å²) in [5.74, 6) is 0.576. The van der Waals surface area contributed by atoms with Gasteiger partial charge in [-0.25, -0.2) is 4.98 Å². The van der Waals surface area contributed by atoms with Crippen molar-refractivity contribution >= 4 is 15.9 Å². The highest BCUT2D eigenvalue weighted by Crippen LogP contribution is 2.45. The van der Waals surface area contributed by atoms with Crippen LogP contribution in [0.15, 0.2) is 30.6 Å². The van der Waals surface area contributed by atoms with E-state index < -0.39 is 10.1 Å². The number of allylic oxidation sites excluding steroid dienone is 1. The Labute approximate surface area is 113 Å². The number of nitrogens with zero attached hydrogens (tertiary/aromatic N) is 2. The molecule has 1 aliphatic heterocycles. The Bertz CT molecular complexity index is 608. The molecule has 0 saturated heterocycles. The molecule has 1 aliphatic rings. The molecule has 0 aromatic carbocycles. The number of rotatable bonds is 4. The molecule has 104 valence electrons. The van der Waals surface area contributed by atoms with Crippen LogP contribution in [0.25, 0.3) is 0 Å². The number of hydrogen-bond donors (Lipinski definition) is 1. The average molecular weight is 282 g/mol. The maximum absolute atomic E-state index is 10.8. The highest BCUT2D eigenvalue weighted by molar-refractivity contribution is 7.85. The van der Waals surface area contributed by atoms with Crippen molar-refractivity contribution in [2.75, 3.05) is 17.2 Å². The van der Waals surface area contributed by atoms with Crippen molar-refractivity contribution in [3.05, 3.63) is 36.2 Å². The van der Waals surface area contributed by atoms with Gasteiger partial charge in [0.1, 0.15) is 5.82 Å². The van der Waals surface area contributed by atoms with Gasteiger partial charge in [-0.3, -0.25) is 4.55 Å². The summed E-state index contributed by atoms with van der Waals surface area (Å²) in [6, 6.07) is 3.89. The Morgan fingerprint density at radius 1 is 1.47 bits per heavy atom. The van der Waals surface area contributed by atoms with Crippen LogP contribution in [0.2, 0.25) is 0 Å². The topological polar surface area (TPSA) is 70.5 Å². The first kappa shape index (κ1) is 14.0. The van der Waals surface area contributed by atoms with Gasteiger partial charge in [0.15, 0.2) is 0 Å². The third-order valence-corrected chi connectivity index (χ3v) is 4.35. The molecule has 0 bridgehead atoms. The second-order valence-corrected chi connectivity index (χ2v) is 6.81. The minimum Gasteiger partial charge on any atom is -0.330 e. The van der Waals surface area contributed by atoms with Gasteiger partial charge in [-0.2, -0.15) is 8.42 Å². The van der Waals surface area contributed by atoms with E-state index in [-0.39, 0.29) is 11.2 Å². The fraction of sp³-hybridized carbons (Fsp3) is 0.462. The first-order valence-corrected chi connectivity index (χ1v) is 7.72. The number of hydrogen-bond acceptors (Lipinski definition) is 4. The fourth-order valence-electron chi connectivity index (χ4n) is 2.37. The summed E-state index contributed by atoms with van der Waals surface area (Å²) in [7, 11) is -3.92. The van der Waals surface area contributed by atoms with Crippen LogP contribution in [0.4, 0.5) is 5.82 Å². The van der Waals surface area contributed by atoms with Crippen LogP contribution in [-0.4, -0.2) is 30.3 Å². The van der Waals surface area contributed by atoms with Crippen molar-refractivity contribution in [1.29, 1.82) is 0 Å². The van der Waals surface area contributed by atoms with Crippen molar-refractivity contribution in [3.8, 4) is 0 Å². The zero-order valence-electron chi connectivity index (χ0n) is 11.1. The highest BCUT2D eigenvalue weighted by Gasteiger charge is 2.39. The quantitative estimate of drug-likeness (QED) is 0.855. The molecule has 5 nitrogen and oxygen atoms in total. The first-order chi connectivity index (χ1) is 8.73. The van der Waals surface area contributed by atoms with Crippen molar-refractivity contribution in [2.45, 2.75) is 25.7 Å². The van der Waals surface area contributed by atoms with E-state index in [1.54, 1.807) is 6.20 Å². The Morgan fingerprint density at radius 3 is 2.79 bits per heavy atom. The van der Waals surface area contributed by atoms with Crippen molar-refractivity contribution in [3.63, 3.8) is 0 Å². The summed E-state index contributed by atoms with van der Waals surface area (Å²) in [5.41, 5.74) is 1.78. The lowest BCUT2D eigenvalue weighted by Crippen LogP contribution is -2.27. The van der Waals surface area contributed by atoms with Crippen molar-refractivity contribution in [1.82, 2.24) is 4.98 Å². The van der Waals surface area contributed by atoms with Gasteiger partial charge < -0.3 is 4.90 Å². The summed E-state index contributed by atoms with van der Waals surface area (Å²) in [6.07, 6.45) is 2.05. The van der Waals surface area contributed by atoms with E-state index in [0.29, 0.717) is 13.0 Å². The molecule has 0 spiro atoms. The van der Waals surface area contributed by atoms with E-state index in [2.05, 4.69) is 25.4 Å². The summed E-state index contributed by atoms with van der Waals surface area (Å²) < 4.78 is 30.3. The maximum atomic E-state index is 10.8. The molecule has 1 N–H and O–H groups in total. The van der Waals surface area contributed by atoms with E-state index in [9.17, 15) is 8.42 Å². The molecule has 0 amide bonds. The van der Waals surface area contributed by atoms with Crippen LogP contribution >= 0.6 is 0 Å². The number of anilines is 1. The minimum absolute atomic E-state index is 0.207. The summed E-state index contributed by atoms with van der Waals surface area (Å²) in [4.78, 5) is 6.29. The second kappa shape index (κ2) is 4.61. The van der Waals surface area contributed by atoms with Gasteiger partial charge in [0.05, 0.1) is 5.75 Å². The highest BCUT2D eigenvalue weighted by atomic mass is 32.2. The normalized spacial score (nSPS) is 17.6. The SMILES string of the molecule is C=C1N(CCCS(=O)(=O)O)c2ncccc2C1(C)C. The number of pyridine rings is 1. The average Bonchev–Trinajstić information content (AvgIpc) is 2.50. The van der Waals surface area contributed by atoms with E-state index in [4.69, 9.17) is 4.55 Å². The Kier molecular flexibility index (Phi) is 3.40. The lowest BCUT2D eigenvalue weighted by molar-refractivity contribution is 0.481. The lowest BCUT2D eigenvalue weighted by atomic mass is 9.85. The fourth-order valence-corrected chi connectivity index (χ4v) is 2.86. The molecule has 6 heteroatoms. The molecule has 0 fully saturated rings. The van der Waals surface area contributed by atoms with Gasteiger partial charge in [-0.05, 0) is 12.5 Å². The Morgan fingerprint density at radius 2 is 2.16 bits per heavy atom. The van der Waals surface area contributed by atoms with E-state index in [1.165, 1.54) is 0 Å². The Balaban J connectivity index is 2.21. The second-order valence-electron chi connectivity index (χ2n) is 5.24. The van der Waals surface area contributed by atoms with Gasteiger partial charge in [0.2, 0.25) is 0 Å². The zero-order valence-corrected chi connectivity index (χ0v) is 11.9. The first-order valence-electron chi connectivity index (χ1n) is 6.11. The molecule has 0 aliphatic carbocycles. The zero-order chi connectivity index (χ0) is 14.3. The minimum atomic E-state index is -3.92. The largest absolute Gasteiger partial charge is 0.330 e. The van der Waals surface area contributed by atoms with Gasteiger partial charge in [-0.15, -0.1) is 0 Å². The molecule has 0 atom stereocenters. The van der Waals surface area contributed by atoms with Gasteiger partial charge in [0, 0.05) is 29.4 Å². The van der Waals surface area contributed by atoms with Crippen molar-refractivity contribution in [2.24, 2.45) is 0 Å². The predicted molar refractivity (Wildman–Crippen MR) is 74.8 cm³/mol. The summed E-state index contributed by atoms with van der Waals surface area (Å²) >= 11 is 0. The predicted octanol–water partition coefficient (Wildman–Crippen LogP) is 1.97. The molecule has 0 unspecified atom stereocenters. The van der Waals surface area contributed by atoms with Crippen LogP contribution < -0.4 is 4.90 Å². The van der Waals surface area contributed by atoms with Crippen LogP contribution in [0.5, 0.6) is 0 Å². The third kappa shape index (κ3) is 2.64.